The topological polar surface area (TPSA) is 15.3 Å². The Morgan fingerprint density at radius 2 is 1.67 bits per heavy atom. The van der Waals surface area contributed by atoms with Gasteiger partial charge in [-0.3, -0.25) is 4.90 Å². The van der Waals surface area contributed by atoms with Gasteiger partial charge in [-0.2, -0.15) is 0 Å². The molecule has 0 aliphatic rings. The van der Waals surface area contributed by atoms with Crippen LogP contribution in [0.5, 0.6) is 0 Å². The van der Waals surface area contributed by atoms with Crippen LogP contribution in [0.1, 0.15) is 58.2 Å². The van der Waals surface area contributed by atoms with Crippen LogP contribution in [0.25, 0.3) is 0 Å². The first kappa shape index (κ1) is 18.2. The smallest absolute Gasteiger partial charge is 0.0473 e. The van der Waals surface area contributed by atoms with Crippen LogP contribution in [0.3, 0.4) is 0 Å². The molecular formula is C19H34N2. The highest BCUT2D eigenvalue weighted by Crippen LogP contribution is 2.22. The van der Waals surface area contributed by atoms with Crippen molar-refractivity contribution in [1.82, 2.24) is 10.2 Å². The van der Waals surface area contributed by atoms with Crippen molar-refractivity contribution >= 4 is 0 Å². The molecule has 2 nitrogen and oxygen atoms in total. The second-order valence-electron chi connectivity index (χ2n) is 6.20. The van der Waals surface area contributed by atoms with Crippen LogP contribution in [-0.4, -0.2) is 31.1 Å². The van der Waals surface area contributed by atoms with E-state index in [2.05, 4.69) is 76.1 Å². The van der Waals surface area contributed by atoms with Crippen molar-refractivity contribution in [1.29, 1.82) is 0 Å². The van der Waals surface area contributed by atoms with E-state index in [1.807, 2.05) is 0 Å². The predicted octanol–water partition coefficient (Wildman–Crippen LogP) is 4.27. The van der Waals surface area contributed by atoms with E-state index in [0.29, 0.717) is 12.1 Å². The largest absolute Gasteiger partial charge is 0.312 e. The molecule has 0 radical (unpaired) electrons. The molecule has 0 aromatic heterocycles. The van der Waals surface area contributed by atoms with E-state index in [9.17, 15) is 0 Å². The van der Waals surface area contributed by atoms with Gasteiger partial charge in [-0.15, -0.1) is 0 Å². The molecule has 1 aromatic rings. The maximum Gasteiger partial charge on any atom is 0.0473 e. The van der Waals surface area contributed by atoms with Gasteiger partial charge in [-0.1, -0.05) is 58.4 Å². The summed E-state index contributed by atoms with van der Waals surface area (Å²) in [6.45, 7) is 13.7. The number of hydrogen-bond acceptors (Lipinski definition) is 2. The molecule has 120 valence electrons. The Hall–Kier alpha value is -0.860. The summed E-state index contributed by atoms with van der Waals surface area (Å²) in [5.41, 5.74) is 2.80. The summed E-state index contributed by atoms with van der Waals surface area (Å²) in [6, 6.07) is 9.98. The molecule has 0 aliphatic carbocycles. The Bertz CT molecular complexity index is 385. The van der Waals surface area contributed by atoms with Crippen molar-refractivity contribution in [2.24, 2.45) is 5.92 Å². The molecule has 1 aromatic carbocycles. The van der Waals surface area contributed by atoms with E-state index < -0.39 is 0 Å². The van der Waals surface area contributed by atoms with Gasteiger partial charge >= 0.3 is 0 Å². The predicted molar refractivity (Wildman–Crippen MR) is 93.8 cm³/mol. The molecule has 3 unspecified atom stereocenters. The van der Waals surface area contributed by atoms with Crippen LogP contribution in [0.4, 0.5) is 0 Å². The molecule has 0 heterocycles. The molecule has 1 N–H and O–H groups in total. The van der Waals surface area contributed by atoms with Gasteiger partial charge in [0.2, 0.25) is 0 Å². The van der Waals surface area contributed by atoms with Crippen LogP contribution in [0.15, 0.2) is 24.3 Å². The third kappa shape index (κ3) is 5.12. The second-order valence-corrected chi connectivity index (χ2v) is 6.20. The van der Waals surface area contributed by atoms with Gasteiger partial charge in [0.05, 0.1) is 0 Å². The monoisotopic (exact) mass is 290 g/mol. The fourth-order valence-corrected chi connectivity index (χ4v) is 2.97. The number of likely N-dealkylation sites (N-methyl/N-ethyl adjacent to an activating group) is 2. The molecule has 0 bridgehead atoms. The van der Waals surface area contributed by atoms with Gasteiger partial charge in [0.15, 0.2) is 0 Å². The zero-order chi connectivity index (χ0) is 15.8. The molecule has 21 heavy (non-hydrogen) atoms. The Labute approximate surface area is 131 Å². The van der Waals surface area contributed by atoms with Gasteiger partial charge in [-0.05, 0) is 44.0 Å². The summed E-state index contributed by atoms with van der Waals surface area (Å²) >= 11 is 0. The summed E-state index contributed by atoms with van der Waals surface area (Å²) in [7, 11) is 2.08. The van der Waals surface area contributed by atoms with Crippen molar-refractivity contribution in [3.8, 4) is 0 Å². The first-order valence-electron chi connectivity index (χ1n) is 8.57. The van der Waals surface area contributed by atoms with Gasteiger partial charge in [0.1, 0.15) is 0 Å². The lowest BCUT2D eigenvalue weighted by atomic mass is 9.96. The standard InChI is InChI=1S/C19H34N2/c1-7-15(4)14-21(9-3)16(5)19(20-6)18-12-10-17(8-2)11-13-18/h10-13,15-16,19-20H,7-9,14H2,1-6H3. The Balaban J connectivity index is 2.84. The first-order valence-corrected chi connectivity index (χ1v) is 8.57. The summed E-state index contributed by atoms with van der Waals surface area (Å²) in [6.07, 6.45) is 2.35. The third-order valence-corrected chi connectivity index (χ3v) is 4.77. The van der Waals surface area contributed by atoms with E-state index in [1.165, 1.54) is 24.1 Å². The van der Waals surface area contributed by atoms with E-state index in [-0.39, 0.29) is 0 Å². The average molecular weight is 290 g/mol. The molecular weight excluding hydrogens is 256 g/mol. The summed E-state index contributed by atoms with van der Waals surface area (Å²) < 4.78 is 0. The highest BCUT2D eigenvalue weighted by molar-refractivity contribution is 5.26. The van der Waals surface area contributed by atoms with E-state index >= 15 is 0 Å². The average Bonchev–Trinajstić information content (AvgIpc) is 2.53. The van der Waals surface area contributed by atoms with Crippen LogP contribution in [0, 0.1) is 5.92 Å². The molecule has 3 atom stereocenters. The van der Waals surface area contributed by atoms with Gasteiger partial charge in [0, 0.05) is 18.6 Å². The number of hydrogen-bond donors (Lipinski definition) is 1. The van der Waals surface area contributed by atoms with E-state index in [1.54, 1.807) is 0 Å². The molecule has 0 aliphatic heterocycles. The van der Waals surface area contributed by atoms with Crippen molar-refractivity contribution in [2.75, 3.05) is 20.1 Å². The molecule has 0 fully saturated rings. The Morgan fingerprint density at radius 1 is 1.05 bits per heavy atom. The molecule has 0 amide bonds. The quantitative estimate of drug-likeness (QED) is 0.731. The number of benzene rings is 1. The van der Waals surface area contributed by atoms with Crippen LogP contribution in [0.2, 0.25) is 0 Å². The lowest BCUT2D eigenvalue weighted by molar-refractivity contribution is 0.157. The minimum Gasteiger partial charge on any atom is -0.312 e. The lowest BCUT2D eigenvalue weighted by Gasteiger charge is -2.35. The number of rotatable bonds is 9. The molecule has 0 spiro atoms. The van der Waals surface area contributed by atoms with E-state index in [0.717, 1.165) is 18.9 Å². The van der Waals surface area contributed by atoms with Crippen molar-refractivity contribution in [3.05, 3.63) is 35.4 Å². The number of nitrogens with one attached hydrogen (secondary N) is 1. The second kappa shape index (κ2) is 9.22. The highest BCUT2D eigenvalue weighted by Gasteiger charge is 2.23. The third-order valence-electron chi connectivity index (χ3n) is 4.77. The van der Waals surface area contributed by atoms with Gasteiger partial charge < -0.3 is 5.32 Å². The first-order chi connectivity index (χ1) is 10.1. The van der Waals surface area contributed by atoms with E-state index in [4.69, 9.17) is 0 Å². The Kier molecular flexibility index (Phi) is 7.98. The van der Waals surface area contributed by atoms with Crippen molar-refractivity contribution < 1.29 is 0 Å². The minimum absolute atomic E-state index is 0.389. The van der Waals surface area contributed by atoms with Gasteiger partial charge in [0.25, 0.3) is 0 Å². The molecule has 1 rings (SSSR count). The summed E-state index contributed by atoms with van der Waals surface area (Å²) in [5.74, 6) is 0.757. The van der Waals surface area contributed by atoms with Crippen LogP contribution in [-0.2, 0) is 6.42 Å². The fraction of sp³-hybridized carbons (Fsp3) is 0.684. The molecule has 2 heteroatoms. The summed E-state index contributed by atoms with van der Waals surface area (Å²) in [4.78, 5) is 2.60. The number of nitrogens with zero attached hydrogens (tertiary/aromatic N) is 1. The van der Waals surface area contributed by atoms with Crippen LogP contribution >= 0.6 is 0 Å². The number of aryl methyl sites for hydroxylation is 1. The van der Waals surface area contributed by atoms with Crippen LogP contribution < -0.4 is 5.32 Å². The SMILES string of the molecule is CCc1ccc(C(NC)C(C)N(CC)CC(C)CC)cc1. The zero-order valence-corrected chi connectivity index (χ0v) is 14.8. The lowest BCUT2D eigenvalue weighted by Crippen LogP contribution is -2.43. The van der Waals surface area contributed by atoms with Gasteiger partial charge in [-0.25, -0.2) is 0 Å². The molecule has 0 saturated heterocycles. The Morgan fingerprint density at radius 3 is 2.10 bits per heavy atom. The summed E-state index contributed by atoms with van der Waals surface area (Å²) in [5, 5.41) is 3.52. The minimum atomic E-state index is 0.389. The zero-order valence-electron chi connectivity index (χ0n) is 14.8. The van der Waals surface area contributed by atoms with Crippen molar-refractivity contribution in [2.45, 2.75) is 59.5 Å². The fourth-order valence-electron chi connectivity index (χ4n) is 2.97. The highest BCUT2D eigenvalue weighted by atomic mass is 15.2. The van der Waals surface area contributed by atoms with Crippen molar-refractivity contribution in [3.63, 3.8) is 0 Å². The molecule has 0 saturated carbocycles. The maximum absolute atomic E-state index is 3.52. The normalized spacial score (nSPS) is 16.0. The maximum atomic E-state index is 3.52.